The van der Waals surface area contributed by atoms with E-state index in [1.807, 2.05) is 104 Å². The molecule has 1 heterocycles. The van der Waals surface area contributed by atoms with Crippen LogP contribution in [0.2, 0.25) is 15.1 Å². The Hall–Kier alpha value is -7.78. The van der Waals surface area contributed by atoms with Gasteiger partial charge in [-0.2, -0.15) is 0 Å². The zero-order valence-electron chi connectivity index (χ0n) is 81.6. The molecule has 139 heavy (non-hydrogen) atoms. The van der Waals surface area contributed by atoms with Crippen molar-refractivity contribution in [3.63, 3.8) is 0 Å². The fourth-order valence-electron chi connectivity index (χ4n) is 32.6. The Balaban J connectivity index is 0.000000123. The minimum atomic E-state index is -1.90. The number of pyridine rings is 1. The Labute approximate surface area is 827 Å². The molecular formula is C113H136Cl3F2NO20. The van der Waals surface area contributed by atoms with Crippen LogP contribution in [0.3, 0.4) is 0 Å². The lowest BCUT2D eigenvalue weighted by Gasteiger charge is -2.63. The third-order valence-corrected chi connectivity index (χ3v) is 41.1. The topological polar surface area (TPSA) is 348 Å². The summed E-state index contributed by atoms with van der Waals surface area (Å²) in [6, 6.07) is 26.8. The summed E-state index contributed by atoms with van der Waals surface area (Å²) >= 11 is 18.2. The van der Waals surface area contributed by atoms with Gasteiger partial charge in [-0.25, -0.2) is 8.78 Å². The van der Waals surface area contributed by atoms with Gasteiger partial charge in [-0.05, 0) is 328 Å². The molecule has 26 heteroatoms. The minimum absolute atomic E-state index is 0.0139. The number of ether oxygens (including phenoxy) is 4. The summed E-state index contributed by atoms with van der Waals surface area (Å²) in [6.07, 6.45) is 18.5. The summed E-state index contributed by atoms with van der Waals surface area (Å²) < 4.78 is 57.3. The number of hydrogen-bond acceptors (Lipinski definition) is 21. The van der Waals surface area contributed by atoms with Gasteiger partial charge in [0.15, 0.2) is 23.1 Å². The first-order valence-electron chi connectivity index (χ1n) is 50.7. The van der Waals surface area contributed by atoms with Gasteiger partial charge in [0.1, 0.15) is 83.2 Å². The number of aromatic nitrogens is 1. The smallest absolute Gasteiger partial charge is 0.202 e. The summed E-state index contributed by atoms with van der Waals surface area (Å²) in [4.78, 5) is 106. The molecule has 8 N–H and O–H groups in total. The second kappa shape index (κ2) is 36.5. The first-order valence-corrected chi connectivity index (χ1v) is 51.8. The number of carbonyl (C=O) groups is 8. The van der Waals surface area contributed by atoms with Crippen LogP contribution in [0.4, 0.5) is 8.78 Å². The van der Waals surface area contributed by atoms with E-state index in [-0.39, 0.29) is 158 Å². The predicted molar refractivity (Wildman–Crippen MR) is 520 cm³/mol. The van der Waals surface area contributed by atoms with Gasteiger partial charge in [0.2, 0.25) is 23.1 Å². The number of nitrogens with zero attached hydrogens (tertiary/aromatic N) is 1. The first-order chi connectivity index (χ1) is 65.4. The van der Waals surface area contributed by atoms with Crippen molar-refractivity contribution in [2.24, 2.45) is 102 Å². The van der Waals surface area contributed by atoms with E-state index in [1.165, 1.54) is 11.1 Å². The average Bonchev–Trinajstić information content (AvgIpc) is 1.61. The van der Waals surface area contributed by atoms with E-state index in [9.17, 15) is 79.2 Å². The van der Waals surface area contributed by atoms with E-state index < -0.39 is 114 Å². The summed E-state index contributed by atoms with van der Waals surface area (Å²) in [5.74, 6) is 0.0861. The average molecular weight is 1970 g/mol. The molecule has 0 amide bonds. The van der Waals surface area contributed by atoms with Crippen LogP contribution in [-0.2, 0) is 38.4 Å². The number of alkyl halides is 2. The van der Waals surface area contributed by atoms with E-state index in [0.29, 0.717) is 128 Å². The van der Waals surface area contributed by atoms with Gasteiger partial charge >= 0.3 is 0 Å². The summed E-state index contributed by atoms with van der Waals surface area (Å²) in [6.45, 7) is 18.4. The number of aliphatic hydroxyl groups excluding tert-OH is 4. The van der Waals surface area contributed by atoms with Crippen molar-refractivity contribution in [3.8, 4) is 23.0 Å². The van der Waals surface area contributed by atoms with Crippen molar-refractivity contribution in [2.75, 3.05) is 26.4 Å². The maximum absolute atomic E-state index is 17.2. The second-order valence-corrected chi connectivity index (χ2v) is 47.8. The summed E-state index contributed by atoms with van der Waals surface area (Å²) in [5.41, 5.74) is -9.21. The minimum Gasteiger partial charge on any atom is -0.486 e. The molecule has 4 aromatic carbocycles. The van der Waals surface area contributed by atoms with E-state index >= 15 is 8.78 Å². The molecule has 18 unspecified atom stereocenters. The number of aryl methyl sites for hydroxylation is 2. The number of fused-ring (bicyclic) bond motifs is 21. The van der Waals surface area contributed by atoms with Crippen molar-refractivity contribution in [3.05, 3.63) is 170 Å². The molecule has 28 atom stereocenters. The van der Waals surface area contributed by atoms with Crippen LogP contribution in [0, 0.1) is 116 Å². The Morgan fingerprint density at radius 2 is 0.784 bits per heavy atom. The molecule has 1 aromatic heterocycles. The Morgan fingerprint density at radius 1 is 0.388 bits per heavy atom. The quantitative estimate of drug-likeness (QED) is 0.0455. The molecule has 21 nitrogen and oxygen atoms in total. The number of ketones is 8. The third kappa shape index (κ3) is 16.1. The maximum Gasteiger partial charge on any atom is 0.202 e. The number of halogens is 5. The van der Waals surface area contributed by atoms with Crippen LogP contribution in [0.15, 0.2) is 144 Å². The van der Waals surface area contributed by atoms with Crippen LogP contribution >= 0.6 is 34.8 Å². The van der Waals surface area contributed by atoms with Gasteiger partial charge in [-0.1, -0.05) is 137 Å². The lowest BCUT2D eigenvalue weighted by Crippen LogP contribution is -2.69. The lowest BCUT2D eigenvalue weighted by atomic mass is 9.44. The predicted octanol–water partition coefficient (Wildman–Crippen LogP) is 18.8. The molecule has 12 saturated carbocycles. The standard InChI is InChI=1S/C30H35NO5.2C28H34ClFO5.C27H33ClO5/c1-28-11-9-20(32)14-19(28)7-8-22-23-10-12-30(35,29(23,2)15-25(33)27(22)28)26(34)17-36-21-13-18-5-3-4-6-24(18)31-16-21;1-16-4-7-21(29)22(12-16)35-15-24(33)27(34)11-9-19-20-6-5-17-13-18(31)8-10-25(17,2)28(20,30)23(32)14-26(19,27)3;1-16-10-18(29)13-20(11-16)35-15-24(33)27(34)9-7-21-22-5-4-17-12-19(31)6-8-25(17,2)28(22,30)23(32)14-26(21,27)3;1-25-11-9-18(29)13-16(25)3-8-20-21-10-12-27(32,26(21,2)14-22(30)24(20)25)23(31)15-33-19-6-4-17(28)5-7-19/h3-6,13-14,16,22-23,25,27,33,35H,7-12,15,17H2,1-2H3;4,7,12-13,19-20,23,32,34H,5-6,8-11,14-15H2,1-3H3;10-13,21-23,32,34H,4-9,14-15H2,1-3H3;4-7,13,20-22,24,30,32H,3,8-12,14-15H2,1-2H3/t22?,23?,25-,27?,28?,29?,30-;19?,20?,23-,25?,26?,27-,28-;21?,22?,23-,25?,26?,27-,28-;20?,21?,22-,24?,25?,26?,27-/m0000/s1. The number of carbonyl (C=O) groups excluding carboxylic acids is 8. The Kier molecular flexibility index (Phi) is 26.6. The first kappa shape index (κ1) is 101. The number of Topliss-reactive ketones (excluding diaryl/α,β-unsaturated/α-hetero) is 4. The van der Waals surface area contributed by atoms with Crippen molar-refractivity contribution in [1.29, 1.82) is 0 Å². The molecule has 748 valence electrons. The number of rotatable bonds is 16. The van der Waals surface area contributed by atoms with Crippen molar-refractivity contribution < 1.29 is 107 Å². The van der Waals surface area contributed by atoms with Gasteiger partial charge < -0.3 is 59.8 Å². The van der Waals surface area contributed by atoms with E-state index in [1.54, 1.807) is 72.9 Å². The summed E-state index contributed by atoms with van der Waals surface area (Å²) in [7, 11) is 0. The lowest BCUT2D eigenvalue weighted by molar-refractivity contribution is -0.226. The molecule has 12 fully saturated rings. The molecule has 16 aliphatic rings. The maximum atomic E-state index is 17.2. The number of allylic oxidation sites excluding steroid dienone is 4. The normalized spacial score (nSPS) is 41.7. The van der Waals surface area contributed by atoms with Crippen molar-refractivity contribution in [2.45, 2.75) is 307 Å². The number of aliphatic hydroxyl groups is 8. The largest absolute Gasteiger partial charge is 0.486 e. The Morgan fingerprint density at radius 3 is 1.24 bits per heavy atom. The van der Waals surface area contributed by atoms with E-state index in [2.05, 4.69) is 18.8 Å². The van der Waals surface area contributed by atoms with Crippen LogP contribution < -0.4 is 18.9 Å². The highest BCUT2D eigenvalue weighted by Crippen LogP contribution is 2.75. The highest BCUT2D eigenvalue weighted by Gasteiger charge is 2.78. The number of para-hydroxylation sites is 1. The van der Waals surface area contributed by atoms with Crippen LogP contribution in [0.25, 0.3) is 10.9 Å². The third-order valence-electron chi connectivity index (χ3n) is 40.3. The van der Waals surface area contributed by atoms with Crippen molar-refractivity contribution >= 4 is 92.0 Å². The second-order valence-electron chi connectivity index (χ2n) is 46.6. The van der Waals surface area contributed by atoms with Crippen molar-refractivity contribution in [1.82, 2.24) is 4.98 Å². The van der Waals surface area contributed by atoms with Gasteiger partial charge in [-0.3, -0.25) is 43.3 Å². The van der Waals surface area contributed by atoms with Crippen LogP contribution in [0.5, 0.6) is 23.0 Å². The van der Waals surface area contributed by atoms with E-state index in [0.717, 1.165) is 84.5 Å². The van der Waals surface area contributed by atoms with Gasteiger partial charge in [0.25, 0.3) is 0 Å². The highest BCUT2D eigenvalue weighted by atomic mass is 35.5. The van der Waals surface area contributed by atoms with E-state index in [4.69, 9.17) is 53.8 Å². The zero-order valence-corrected chi connectivity index (χ0v) is 83.8. The highest BCUT2D eigenvalue weighted by molar-refractivity contribution is 6.32. The monoisotopic (exact) mass is 1970 g/mol. The molecule has 0 saturated heterocycles. The van der Waals surface area contributed by atoms with Gasteiger partial charge in [-0.15, -0.1) is 0 Å². The van der Waals surface area contributed by atoms with Crippen LogP contribution in [-0.4, -0.2) is 177 Å². The molecule has 16 aliphatic carbocycles. The number of hydrogen-bond donors (Lipinski definition) is 8. The van der Waals surface area contributed by atoms with Crippen LogP contribution in [0.1, 0.15) is 246 Å². The molecule has 5 aromatic rings. The molecule has 0 spiro atoms. The fourth-order valence-corrected chi connectivity index (χ4v) is 33.2. The molecule has 0 aliphatic heterocycles. The molecule has 0 bridgehead atoms. The molecule has 0 radical (unpaired) electrons. The molecular weight excluding hydrogens is 1840 g/mol. The fraction of sp³-hybridized carbons (Fsp3) is 0.619. The van der Waals surface area contributed by atoms with Gasteiger partial charge in [0, 0.05) is 85.4 Å². The SMILES string of the molecule is CC12CCC(=O)C=C1CCC1C2[C@@H](O)CC2(C)C1CC[C@]2(O)C(=O)COc1ccc(Cl)cc1.CC12CCC(=O)C=C1CCC1C2[C@@H](O)CC2(C)C1CC[C@]2(O)C(=O)COc1cnc2ccccc2c1.Cc1cc(Cl)cc(OCC(=O)[C@@]2(O)CCC3C4CCC5=CC(=O)CCC5(C)[C@@]4(F)[C@@H](O)CC32C)c1.Cc1ccc(Cl)c(OCC(=O)[C@@]2(O)CCC3C4CCC5=CC(=O)CCC5(C)[C@@]4(F)[C@@H](O)CC32C)c1. The zero-order chi connectivity index (χ0) is 99.7. The molecule has 21 rings (SSSR count). The van der Waals surface area contributed by atoms with Gasteiger partial charge in [0.05, 0.1) is 41.2 Å². The number of benzene rings is 4. The Bertz CT molecular complexity index is 5900. The summed E-state index contributed by atoms with van der Waals surface area (Å²) in [5, 5.41) is 95.4.